The summed E-state index contributed by atoms with van der Waals surface area (Å²) in [5.41, 5.74) is 3.45. The van der Waals surface area contributed by atoms with Crippen LogP contribution in [0.4, 0.5) is 4.39 Å². The van der Waals surface area contributed by atoms with E-state index in [-0.39, 0.29) is 5.02 Å². The number of ether oxygens (including phenoxy) is 1. The van der Waals surface area contributed by atoms with E-state index in [0.717, 1.165) is 16.7 Å². The molecule has 0 aromatic heterocycles. The molecule has 1 aliphatic heterocycles. The van der Waals surface area contributed by atoms with Gasteiger partial charge in [0.05, 0.1) is 13.2 Å². The summed E-state index contributed by atoms with van der Waals surface area (Å²) < 4.78 is 18.3. The third-order valence-electron chi connectivity index (χ3n) is 3.32. The molecule has 98 valence electrons. The Labute approximate surface area is 115 Å². The molecular formula is C15H12ClFO2. The van der Waals surface area contributed by atoms with Crippen LogP contribution in [0.3, 0.4) is 0 Å². The quantitative estimate of drug-likeness (QED) is 0.910. The Bertz CT molecular complexity index is 628. The first kappa shape index (κ1) is 12.6. The second kappa shape index (κ2) is 4.93. The Morgan fingerprint density at radius 1 is 1.11 bits per heavy atom. The second-order valence-corrected chi connectivity index (χ2v) is 5.00. The van der Waals surface area contributed by atoms with Gasteiger partial charge in [-0.15, -0.1) is 0 Å². The normalized spacial score (nSPS) is 15.3. The first-order valence-corrected chi connectivity index (χ1v) is 6.35. The van der Waals surface area contributed by atoms with Crippen LogP contribution >= 0.6 is 11.6 Å². The third kappa shape index (κ3) is 2.37. The third-order valence-corrected chi connectivity index (χ3v) is 3.65. The van der Waals surface area contributed by atoms with Crippen molar-refractivity contribution < 1.29 is 14.2 Å². The predicted octanol–water partition coefficient (Wildman–Crippen LogP) is 3.59. The van der Waals surface area contributed by atoms with Gasteiger partial charge in [-0.1, -0.05) is 35.9 Å². The summed E-state index contributed by atoms with van der Waals surface area (Å²) in [4.78, 5) is 0. The Morgan fingerprint density at radius 3 is 2.68 bits per heavy atom. The van der Waals surface area contributed by atoms with Crippen molar-refractivity contribution in [2.24, 2.45) is 0 Å². The molecule has 1 aliphatic rings. The largest absolute Gasteiger partial charge is 0.384 e. The van der Waals surface area contributed by atoms with Crippen molar-refractivity contribution in [3.63, 3.8) is 0 Å². The molecule has 0 fully saturated rings. The molecule has 2 aromatic carbocycles. The molecule has 1 N–H and O–H groups in total. The van der Waals surface area contributed by atoms with Gasteiger partial charge in [0.15, 0.2) is 0 Å². The van der Waals surface area contributed by atoms with Gasteiger partial charge in [-0.3, -0.25) is 0 Å². The number of halogens is 2. The number of aliphatic hydroxyl groups is 1. The summed E-state index contributed by atoms with van der Waals surface area (Å²) in [6.45, 7) is 1.18. The van der Waals surface area contributed by atoms with Gasteiger partial charge in [0.25, 0.3) is 0 Å². The standard InChI is InChI=1S/C15H12ClFO2/c16-14-6-12(17)3-4-13(14)15(18)9-1-2-10-7-19-8-11(10)5-9/h1-6,15,18H,7-8H2. The van der Waals surface area contributed by atoms with Crippen LogP contribution in [0.15, 0.2) is 36.4 Å². The van der Waals surface area contributed by atoms with E-state index in [0.29, 0.717) is 18.8 Å². The summed E-state index contributed by atoms with van der Waals surface area (Å²) in [6.07, 6.45) is -0.862. The molecular weight excluding hydrogens is 267 g/mol. The molecule has 0 bridgehead atoms. The lowest BCUT2D eigenvalue weighted by molar-refractivity contribution is 0.134. The van der Waals surface area contributed by atoms with Crippen LogP contribution in [0.25, 0.3) is 0 Å². The van der Waals surface area contributed by atoms with E-state index in [1.54, 1.807) is 0 Å². The van der Waals surface area contributed by atoms with Crippen LogP contribution in [-0.2, 0) is 18.0 Å². The zero-order valence-electron chi connectivity index (χ0n) is 10.1. The molecule has 0 radical (unpaired) electrons. The molecule has 2 nitrogen and oxygen atoms in total. The van der Waals surface area contributed by atoms with E-state index >= 15 is 0 Å². The minimum absolute atomic E-state index is 0.226. The average molecular weight is 279 g/mol. The summed E-state index contributed by atoms with van der Waals surface area (Å²) >= 11 is 5.97. The van der Waals surface area contributed by atoms with Crippen molar-refractivity contribution in [2.45, 2.75) is 19.3 Å². The van der Waals surface area contributed by atoms with Crippen molar-refractivity contribution in [3.8, 4) is 0 Å². The topological polar surface area (TPSA) is 29.5 Å². The predicted molar refractivity (Wildman–Crippen MR) is 70.4 cm³/mol. The highest BCUT2D eigenvalue weighted by Gasteiger charge is 2.18. The zero-order chi connectivity index (χ0) is 13.4. The minimum Gasteiger partial charge on any atom is -0.384 e. The van der Waals surface area contributed by atoms with E-state index in [4.69, 9.17) is 16.3 Å². The fourth-order valence-electron chi connectivity index (χ4n) is 2.26. The lowest BCUT2D eigenvalue weighted by atomic mass is 9.98. The lowest BCUT2D eigenvalue weighted by Crippen LogP contribution is -2.02. The molecule has 3 rings (SSSR count). The first-order chi connectivity index (χ1) is 9.15. The van der Waals surface area contributed by atoms with E-state index in [1.165, 1.54) is 18.2 Å². The minimum atomic E-state index is -0.862. The van der Waals surface area contributed by atoms with Gasteiger partial charge in [0.1, 0.15) is 11.9 Å². The smallest absolute Gasteiger partial charge is 0.124 e. The Morgan fingerprint density at radius 2 is 1.89 bits per heavy atom. The van der Waals surface area contributed by atoms with Crippen molar-refractivity contribution in [1.82, 2.24) is 0 Å². The highest BCUT2D eigenvalue weighted by atomic mass is 35.5. The molecule has 2 aromatic rings. The van der Waals surface area contributed by atoms with E-state index < -0.39 is 11.9 Å². The molecule has 0 spiro atoms. The molecule has 1 heterocycles. The van der Waals surface area contributed by atoms with Crippen molar-refractivity contribution in [3.05, 3.63) is 69.5 Å². The molecule has 19 heavy (non-hydrogen) atoms. The van der Waals surface area contributed by atoms with Crippen LogP contribution in [0.2, 0.25) is 5.02 Å². The zero-order valence-corrected chi connectivity index (χ0v) is 10.8. The fraction of sp³-hybridized carbons (Fsp3) is 0.200. The average Bonchev–Trinajstić information content (AvgIpc) is 2.85. The fourth-order valence-corrected chi connectivity index (χ4v) is 2.54. The van der Waals surface area contributed by atoms with Crippen molar-refractivity contribution >= 4 is 11.6 Å². The second-order valence-electron chi connectivity index (χ2n) is 4.59. The number of fused-ring (bicyclic) bond motifs is 1. The number of hydrogen-bond acceptors (Lipinski definition) is 2. The SMILES string of the molecule is OC(c1ccc2c(c1)COC2)c1ccc(F)cc1Cl. The highest BCUT2D eigenvalue weighted by Crippen LogP contribution is 2.31. The lowest BCUT2D eigenvalue weighted by Gasteiger charge is -2.14. The highest BCUT2D eigenvalue weighted by molar-refractivity contribution is 6.31. The van der Waals surface area contributed by atoms with Crippen LogP contribution < -0.4 is 0 Å². The first-order valence-electron chi connectivity index (χ1n) is 5.97. The summed E-state index contributed by atoms with van der Waals surface area (Å²) in [5.74, 6) is -0.414. The van der Waals surface area contributed by atoms with E-state index in [2.05, 4.69) is 0 Å². The molecule has 0 amide bonds. The Balaban J connectivity index is 1.97. The van der Waals surface area contributed by atoms with E-state index in [1.807, 2.05) is 18.2 Å². The molecule has 0 saturated carbocycles. The van der Waals surface area contributed by atoms with Gasteiger partial charge in [-0.2, -0.15) is 0 Å². The maximum atomic E-state index is 13.0. The number of rotatable bonds is 2. The summed E-state index contributed by atoms with van der Waals surface area (Å²) in [5, 5.41) is 10.6. The van der Waals surface area contributed by atoms with Crippen LogP contribution in [0.1, 0.15) is 28.4 Å². The maximum Gasteiger partial charge on any atom is 0.124 e. The van der Waals surface area contributed by atoms with Crippen LogP contribution in [0.5, 0.6) is 0 Å². The van der Waals surface area contributed by atoms with Gasteiger partial charge in [-0.05, 0) is 28.8 Å². The molecule has 1 atom stereocenters. The molecule has 4 heteroatoms. The summed E-state index contributed by atoms with van der Waals surface area (Å²) in [7, 11) is 0. The Hall–Kier alpha value is -1.42. The van der Waals surface area contributed by atoms with Crippen molar-refractivity contribution in [1.29, 1.82) is 0 Å². The molecule has 1 unspecified atom stereocenters. The monoisotopic (exact) mass is 278 g/mol. The van der Waals surface area contributed by atoms with Crippen LogP contribution in [-0.4, -0.2) is 5.11 Å². The van der Waals surface area contributed by atoms with Gasteiger partial charge in [-0.25, -0.2) is 4.39 Å². The van der Waals surface area contributed by atoms with Gasteiger partial charge < -0.3 is 9.84 Å². The van der Waals surface area contributed by atoms with Crippen LogP contribution in [0, 0.1) is 5.82 Å². The van der Waals surface area contributed by atoms with E-state index in [9.17, 15) is 9.50 Å². The number of aliphatic hydroxyl groups excluding tert-OH is 1. The maximum absolute atomic E-state index is 13.0. The summed E-state index contributed by atoms with van der Waals surface area (Å²) in [6, 6.07) is 9.70. The number of hydrogen-bond donors (Lipinski definition) is 1. The number of benzene rings is 2. The van der Waals surface area contributed by atoms with Crippen molar-refractivity contribution in [2.75, 3.05) is 0 Å². The van der Waals surface area contributed by atoms with Gasteiger partial charge in [0, 0.05) is 10.6 Å². The molecule has 0 saturated heterocycles. The van der Waals surface area contributed by atoms with Gasteiger partial charge in [0.2, 0.25) is 0 Å². The van der Waals surface area contributed by atoms with Gasteiger partial charge >= 0.3 is 0 Å². The Kier molecular flexibility index (Phi) is 3.27. The molecule has 0 aliphatic carbocycles.